The molecule has 0 saturated carbocycles. The molecule has 1 aromatic heterocycles. The van der Waals surface area contributed by atoms with E-state index in [0.717, 1.165) is 33.3 Å². The highest BCUT2D eigenvalue weighted by Crippen LogP contribution is 2.24. The molecule has 126 valence electrons. The molecule has 0 bridgehead atoms. The Morgan fingerprint density at radius 3 is 2.42 bits per heavy atom. The van der Waals surface area contributed by atoms with Crippen molar-refractivity contribution in [3.05, 3.63) is 70.9 Å². The predicted molar refractivity (Wildman–Crippen MR) is 98.3 cm³/mol. The molecule has 4 nitrogen and oxygen atoms in total. The van der Waals surface area contributed by atoms with Gasteiger partial charge in [-0.2, -0.15) is 0 Å². The van der Waals surface area contributed by atoms with E-state index < -0.39 is 10.0 Å². The number of para-hydroxylation sites is 1. The van der Waals surface area contributed by atoms with Gasteiger partial charge in [-0.3, -0.25) is 0 Å². The van der Waals surface area contributed by atoms with Crippen LogP contribution in [0.25, 0.3) is 10.9 Å². The summed E-state index contributed by atoms with van der Waals surface area (Å²) in [7, 11) is -1.39. The second-order valence-electron chi connectivity index (χ2n) is 6.15. The minimum atomic E-state index is -3.39. The fraction of sp³-hybridized carbons (Fsp3) is 0.263. The van der Waals surface area contributed by atoms with Crippen molar-refractivity contribution in [2.45, 2.75) is 26.1 Å². The van der Waals surface area contributed by atoms with Crippen molar-refractivity contribution >= 4 is 20.9 Å². The van der Waals surface area contributed by atoms with Gasteiger partial charge in [-0.1, -0.05) is 42.5 Å². The molecule has 1 N–H and O–H groups in total. The van der Waals surface area contributed by atoms with Crippen molar-refractivity contribution in [3.8, 4) is 0 Å². The highest BCUT2D eigenvalue weighted by atomic mass is 32.2. The number of fused-ring (bicyclic) bond motifs is 1. The zero-order valence-corrected chi connectivity index (χ0v) is 15.0. The van der Waals surface area contributed by atoms with E-state index in [1.165, 1.54) is 0 Å². The van der Waals surface area contributed by atoms with Crippen LogP contribution in [0.15, 0.2) is 48.5 Å². The third-order valence-electron chi connectivity index (χ3n) is 4.61. The van der Waals surface area contributed by atoms with Gasteiger partial charge in [0.2, 0.25) is 10.0 Å². The highest BCUT2D eigenvalue weighted by molar-refractivity contribution is 7.88. The van der Waals surface area contributed by atoms with Crippen molar-refractivity contribution < 1.29 is 8.42 Å². The maximum Gasteiger partial charge on any atom is 0.216 e. The molecule has 0 aliphatic heterocycles. The first kappa shape index (κ1) is 16.7. The molecule has 5 heteroatoms. The molecule has 3 aromatic rings. The van der Waals surface area contributed by atoms with Crippen LogP contribution in [0.2, 0.25) is 0 Å². The predicted octanol–water partition coefficient (Wildman–Crippen LogP) is 3.41. The van der Waals surface area contributed by atoms with Gasteiger partial charge in [0.1, 0.15) is 0 Å². The third-order valence-corrected chi connectivity index (χ3v) is 5.88. The minimum Gasteiger partial charge on any atom is -0.348 e. The van der Waals surface area contributed by atoms with Crippen LogP contribution in [0.3, 0.4) is 0 Å². The summed E-state index contributed by atoms with van der Waals surface area (Å²) < 4.78 is 29.8. The van der Waals surface area contributed by atoms with E-state index in [1.807, 2.05) is 69.4 Å². The lowest BCUT2D eigenvalue weighted by atomic mass is 10.1. The quantitative estimate of drug-likeness (QED) is 0.772. The van der Waals surface area contributed by atoms with Crippen molar-refractivity contribution in [1.29, 1.82) is 0 Å². The molecule has 24 heavy (non-hydrogen) atoms. The van der Waals surface area contributed by atoms with Crippen LogP contribution in [0.4, 0.5) is 0 Å². The number of benzene rings is 2. The Bertz CT molecular complexity index is 988. The molecule has 0 atom stereocenters. The number of aryl methyl sites for hydroxylation is 2. The Kier molecular flexibility index (Phi) is 4.47. The Hall–Kier alpha value is -2.11. The second kappa shape index (κ2) is 6.42. The molecule has 0 spiro atoms. The van der Waals surface area contributed by atoms with Gasteiger partial charge in [-0.05, 0) is 36.6 Å². The summed E-state index contributed by atoms with van der Waals surface area (Å²) in [6, 6.07) is 15.6. The molecule has 0 aliphatic carbocycles. The van der Waals surface area contributed by atoms with E-state index in [-0.39, 0.29) is 5.75 Å². The van der Waals surface area contributed by atoms with Gasteiger partial charge in [0, 0.05) is 30.2 Å². The number of rotatable bonds is 5. The number of sulfonamides is 1. The standard InChI is InChI=1S/C19H22N2O2S/c1-14-8-4-5-9-16(14)13-24(22,23)20-12-18-15(2)21(3)19-11-7-6-10-17(18)19/h4-11,20H,12-13H2,1-3H3. The van der Waals surface area contributed by atoms with Crippen LogP contribution < -0.4 is 4.72 Å². The lowest BCUT2D eigenvalue weighted by molar-refractivity contribution is 0.580. The summed E-state index contributed by atoms with van der Waals surface area (Å²) in [6.45, 7) is 4.26. The van der Waals surface area contributed by atoms with Crippen LogP contribution >= 0.6 is 0 Å². The summed E-state index contributed by atoms with van der Waals surface area (Å²) >= 11 is 0. The average Bonchev–Trinajstić information content (AvgIpc) is 2.80. The molecular formula is C19H22N2O2S. The number of nitrogens with zero attached hydrogens (tertiary/aromatic N) is 1. The molecule has 3 rings (SSSR count). The van der Waals surface area contributed by atoms with Gasteiger partial charge in [0.25, 0.3) is 0 Å². The maximum atomic E-state index is 12.5. The number of hydrogen-bond acceptors (Lipinski definition) is 2. The van der Waals surface area contributed by atoms with Crippen molar-refractivity contribution in [2.24, 2.45) is 7.05 Å². The number of hydrogen-bond donors (Lipinski definition) is 1. The van der Waals surface area contributed by atoms with E-state index >= 15 is 0 Å². The van der Waals surface area contributed by atoms with E-state index in [1.54, 1.807) is 0 Å². The number of nitrogens with one attached hydrogen (secondary N) is 1. The van der Waals surface area contributed by atoms with E-state index in [9.17, 15) is 8.42 Å². The smallest absolute Gasteiger partial charge is 0.216 e. The van der Waals surface area contributed by atoms with Gasteiger partial charge >= 0.3 is 0 Å². The SMILES string of the molecule is Cc1ccccc1CS(=O)(=O)NCc1c(C)n(C)c2ccccc12. The van der Waals surface area contributed by atoms with Gasteiger partial charge < -0.3 is 4.57 Å². The van der Waals surface area contributed by atoms with Crippen LogP contribution in [0.1, 0.15) is 22.4 Å². The summed E-state index contributed by atoms with van der Waals surface area (Å²) in [5, 5.41) is 1.09. The molecule has 0 unspecified atom stereocenters. The first-order valence-electron chi connectivity index (χ1n) is 7.94. The van der Waals surface area contributed by atoms with Crippen LogP contribution in [0.5, 0.6) is 0 Å². The monoisotopic (exact) mass is 342 g/mol. The summed E-state index contributed by atoms with van der Waals surface area (Å²) in [5.41, 5.74) is 5.04. The van der Waals surface area contributed by atoms with E-state index in [4.69, 9.17) is 0 Å². The Morgan fingerprint density at radius 1 is 1.00 bits per heavy atom. The lowest BCUT2D eigenvalue weighted by Crippen LogP contribution is -2.25. The van der Waals surface area contributed by atoms with Gasteiger partial charge in [-0.15, -0.1) is 0 Å². The Balaban J connectivity index is 1.83. The first-order chi connectivity index (χ1) is 11.4. The molecule has 2 aromatic carbocycles. The highest BCUT2D eigenvalue weighted by Gasteiger charge is 2.16. The fourth-order valence-corrected chi connectivity index (χ4v) is 4.23. The molecule has 0 fully saturated rings. The fourth-order valence-electron chi connectivity index (χ4n) is 3.03. The van der Waals surface area contributed by atoms with Crippen LogP contribution in [0, 0.1) is 13.8 Å². The van der Waals surface area contributed by atoms with Crippen molar-refractivity contribution in [3.63, 3.8) is 0 Å². The van der Waals surface area contributed by atoms with Gasteiger partial charge in [0.15, 0.2) is 0 Å². The zero-order valence-electron chi connectivity index (χ0n) is 14.2. The minimum absolute atomic E-state index is 0.00346. The van der Waals surface area contributed by atoms with E-state index in [2.05, 4.69) is 9.29 Å². The molecule has 0 saturated heterocycles. The molecule has 0 aliphatic rings. The zero-order chi connectivity index (χ0) is 17.3. The largest absolute Gasteiger partial charge is 0.348 e. The average molecular weight is 342 g/mol. The Labute approximate surface area is 143 Å². The molecular weight excluding hydrogens is 320 g/mol. The van der Waals surface area contributed by atoms with Crippen LogP contribution in [-0.2, 0) is 29.4 Å². The maximum absolute atomic E-state index is 12.5. The lowest BCUT2D eigenvalue weighted by Gasteiger charge is -2.09. The van der Waals surface area contributed by atoms with Gasteiger partial charge in [-0.25, -0.2) is 13.1 Å². The van der Waals surface area contributed by atoms with Crippen LogP contribution in [-0.4, -0.2) is 13.0 Å². The van der Waals surface area contributed by atoms with E-state index in [0.29, 0.717) is 6.54 Å². The summed E-state index contributed by atoms with van der Waals surface area (Å²) in [4.78, 5) is 0. The molecule has 1 heterocycles. The molecule has 0 radical (unpaired) electrons. The van der Waals surface area contributed by atoms with Crippen molar-refractivity contribution in [2.75, 3.05) is 0 Å². The third kappa shape index (κ3) is 3.23. The molecule has 0 amide bonds. The van der Waals surface area contributed by atoms with Crippen molar-refractivity contribution in [1.82, 2.24) is 9.29 Å². The Morgan fingerprint density at radius 2 is 1.67 bits per heavy atom. The topological polar surface area (TPSA) is 51.1 Å². The first-order valence-corrected chi connectivity index (χ1v) is 9.59. The normalized spacial score (nSPS) is 12.0. The summed E-state index contributed by atoms with van der Waals surface area (Å²) in [6.07, 6.45) is 0. The second-order valence-corrected chi connectivity index (χ2v) is 7.95. The summed E-state index contributed by atoms with van der Waals surface area (Å²) in [5.74, 6) is 0.00346. The number of aromatic nitrogens is 1. The van der Waals surface area contributed by atoms with Gasteiger partial charge in [0.05, 0.1) is 5.75 Å².